The van der Waals surface area contributed by atoms with Crippen LogP contribution in [0.25, 0.3) is 0 Å². The van der Waals surface area contributed by atoms with E-state index in [1.165, 1.54) is 0 Å². The van der Waals surface area contributed by atoms with Gasteiger partial charge in [-0.05, 0) is 18.6 Å². The van der Waals surface area contributed by atoms with Crippen molar-refractivity contribution in [3.63, 3.8) is 0 Å². The highest BCUT2D eigenvalue weighted by Gasteiger charge is 2.02. The Hall–Kier alpha value is -1.16. The molecule has 0 saturated carbocycles. The summed E-state index contributed by atoms with van der Waals surface area (Å²) in [6, 6.07) is 3.84. The molecule has 1 aromatic rings. The van der Waals surface area contributed by atoms with E-state index in [0.717, 1.165) is 42.6 Å². The highest BCUT2D eigenvalue weighted by molar-refractivity contribution is 7.99. The molecule has 0 saturated heterocycles. The number of ether oxygens (including phenoxy) is 1. The summed E-state index contributed by atoms with van der Waals surface area (Å²) in [5.41, 5.74) is 0. The molecule has 0 amide bonds. The summed E-state index contributed by atoms with van der Waals surface area (Å²) in [5, 5.41) is 3.29. The van der Waals surface area contributed by atoms with Gasteiger partial charge in [0.25, 0.3) is 0 Å². The minimum atomic E-state index is 0.728. The number of nitrogens with zero attached hydrogens (tertiary/aromatic N) is 1. The average Bonchev–Trinajstić information content (AvgIpc) is 2.37. The van der Waals surface area contributed by atoms with Crippen LogP contribution in [0.3, 0.4) is 0 Å². The van der Waals surface area contributed by atoms with Crippen molar-refractivity contribution in [3.05, 3.63) is 31.0 Å². The number of anilines is 1. The fourth-order valence-corrected chi connectivity index (χ4v) is 1.84. The van der Waals surface area contributed by atoms with Crippen LogP contribution in [0.5, 0.6) is 5.75 Å². The van der Waals surface area contributed by atoms with Crippen molar-refractivity contribution in [1.29, 1.82) is 0 Å². The molecule has 1 rings (SSSR count). The van der Waals surface area contributed by atoms with Crippen LogP contribution in [0.1, 0.15) is 13.3 Å². The van der Waals surface area contributed by atoms with Gasteiger partial charge >= 0.3 is 0 Å². The second-order valence-corrected chi connectivity index (χ2v) is 4.64. The van der Waals surface area contributed by atoms with Gasteiger partial charge < -0.3 is 10.1 Å². The van der Waals surface area contributed by atoms with Gasteiger partial charge in [-0.1, -0.05) is 13.0 Å². The topological polar surface area (TPSA) is 34.2 Å². The van der Waals surface area contributed by atoms with Crippen molar-refractivity contribution < 1.29 is 4.74 Å². The zero-order valence-corrected chi connectivity index (χ0v) is 11.1. The van der Waals surface area contributed by atoms with Crippen molar-refractivity contribution in [3.8, 4) is 5.75 Å². The molecule has 94 valence electrons. The molecule has 4 heteroatoms. The van der Waals surface area contributed by atoms with Crippen LogP contribution in [-0.4, -0.2) is 29.6 Å². The molecule has 0 unspecified atom stereocenters. The predicted molar refractivity (Wildman–Crippen MR) is 76.0 cm³/mol. The van der Waals surface area contributed by atoms with E-state index in [2.05, 4.69) is 23.8 Å². The molecule has 1 heterocycles. The summed E-state index contributed by atoms with van der Waals surface area (Å²) in [4.78, 5) is 4.28. The van der Waals surface area contributed by atoms with Crippen molar-refractivity contribution >= 4 is 17.6 Å². The van der Waals surface area contributed by atoms with Crippen LogP contribution in [0.4, 0.5) is 5.82 Å². The lowest BCUT2D eigenvalue weighted by Gasteiger charge is -2.11. The van der Waals surface area contributed by atoms with E-state index in [9.17, 15) is 0 Å². The normalized spacial score (nSPS) is 9.94. The summed E-state index contributed by atoms with van der Waals surface area (Å²) >= 11 is 1.85. The average molecular weight is 252 g/mol. The van der Waals surface area contributed by atoms with Crippen molar-refractivity contribution in [1.82, 2.24) is 4.98 Å². The van der Waals surface area contributed by atoms with Gasteiger partial charge in [0.15, 0.2) is 11.6 Å². The van der Waals surface area contributed by atoms with Gasteiger partial charge in [-0.15, -0.1) is 6.58 Å². The maximum Gasteiger partial charge on any atom is 0.168 e. The van der Waals surface area contributed by atoms with Gasteiger partial charge in [0.05, 0.1) is 6.61 Å². The lowest BCUT2D eigenvalue weighted by Crippen LogP contribution is -2.08. The lowest BCUT2D eigenvalue weighted by molar-refractivity contribution is 0.318. The summed E-state index contributed by atoms with van der Waals surface area (Å²) in [7, 11) is 0. The summed E-state index contributed by atoms with van der Waals surface area (Å²) < 4.78 is 5.62. The Labute approximate surface area is 108 Å². The summed E-state index contributed by atoms with van der Waals surface area (Å²) in [6.07, 6.45) is 4.70. The van der Waals surface area contributed by atoms with Gasteiger partial charge in [0.2, 0.25) is 0 Å². The van der Waals surface area contributed by atoms with E-state index in [0.29, 0.717) is 0 Å². The molecule has 0 aliphatic carbocycles. The Morgan fingerprint density at radius 1 is 1.59 bits per heavy atom. The first-order chi connectivity index (χ1) is 8.38. The minimum Gasteiger partial charge on any atom is -0.490 e. The standard InChI is InChI=1S/C13H20N2OS/c1-3-9-16-12-6-5-7-14-13(12)15-8-11-17-10-4-2/h4-7H,2-3,8-11H2,1H3,(H,14,15). The fourth-order valence-electron chi connectivity index (χ4n) is 1.26. The molecule has 17 heavy (non-hydrogen) atoms. The largest absolute Gasteiger partial charge is 0.490 e. The number of pyridine rings is 1. The Bertz CT molecular complexity index is 331. The number of hydrogen-bond acceptors (Lipinski definition) is 4. The van der Waals surface area contributed by atoms with Crippen LogP contribution >= 0.6 is 11.8 Å². The zero-order valence-electron chi connectivity index (χ0n) is 10.3. The molecule has 1 aromatic heterocycles. The molecule has 0 fully saturated rings. The number of aromatic nitrogens is 1. The van der Waals surface area contributed by atoms with E-state index >= 15 is 0 Å². The number of rotatable bonds is 9. The van der Waals surface area contributed by atoms with E-state index in [-0.39, 0.29) is 0 Å². The van der Waals surface area contributed by atoms with Gasteiger partial charge in [-0.2, -0.15) is 11.8 Å². The highest BCUT2D eigenvalue weighted by Crippen LogP contribution is 2.20. The first-order valence-electron chi connectivity index (χ1n) is 5.88. The SMILES string of the molecule is C=CCSCCNc1ncccc1OCCC. The van der Waals surface area contributed by atoms with Crippen LogP contribution in [0.15, 0.2) is 31.0 Å². The minimum absolute atomic E-state index is 0.728. The fraction of sp³-hybridized carbons (Fsp3) is 0.462. The first kappa shape index (κ1) is 13.9. The maximum atomic E-state index is 5.62. The van der Waals surface area contributed by atoms with Crippen LogP contribution in [-0.2, 0) is 0 Å². The Kier molecular flexibility index (Phi) is 7.30. The lowest BCUT2D eigenvalue weighted by atomic mass is 10.4. The Morgan fingerprint density at radius 3 is 3.24 bits per heavy atom. The molecule has 0 radical (unpaired) electrons. The second-order valence-electron chi connectivity index (χ2n) is 3.49. The number of hydrogen-bond donors (Lipinski definition) is 1. The molecular weight excluding hydrogens is 232 g/mol. The molecule has 3 nitrogen and oxygen atoms in total. The van der Waals surface area contributed by atoms with Crippen LogP contribution in [0, 0.1) is 0 Å². The zero-order chi connectivity index (χ0) is 12.3. The van der Waals surface area contributed by atoms with Crippen molar-refractivity contribution in [2.45, 2.75) is 13.3 Å². The summed E-state index contributed by atoms with van der Waals surface area (Å²) in [6.45, 7) is 7.40. The molecule has 0 aliphatic rings. The Balaban J connectivity index is 2.37. The molecule has 0 spiro atoms. The van der Waals surface area contributed by atoms with Gasteiger partial charge in [0, 0.05) is 24.2 Å². The summed E-state index contributed by atoms with van der Waals surface area (Å²) in [5.74, 6) is 3.70. The third-order valence-electron chi connectivity index (χ3n) is 2.01. The molecule has 1 N–H and O–H groups in total. The number of thioether (sulfide) groups is 1. The molecule has 0 aromatic carbocycles. The van der Waals surface area contributed by atoms with E-state index in [1.807, 2.05) is 30.0 Å². The number of nitrogens with one attached hydrogen (secondary N) is 1. The van der Waals surface area contributed by atoms with Crippen molar-refractivity contribution in [2.24, 2.45) is 0 Å². The Morgan fingerprint density at radius 2 is 2.47 bits per heavy atom. The third-order valence-corrected chi connectivity index (χ3v) is 2.97. The monoisotopic (exact) mass is 252 g/mol. The second kappa shape index (κ2) is 8.93. The van der Waals surface area contributed by atoms with Gasteiger partial charge in [-0.25, -0.2) is 4.98 Å². The van der Waals surface area contributed by atoms with E-state index in [1.54, 1.807) is 6.20 Å². The smallest absolute Gasteiger partial charge is 0.168 e. The maximum absolute atomic E-state index is 5.62. The quantitative estimate of drug-likeness (QED) is 0.540. The molecule has 0 aliphatic heterocycles. The van der Waals surface area contributed by atoms with Crippen LogP contribution in [0.2, 0.25) is 0 Å². The molecule has 0 bridgehead atoms. The predicted octanol–water partition coefficient (Wildman–Crippen LogP) is 3.20. The molecule has 0 atom stereocenters. The highest BCUT2D eigenvalue weighted by atomic mass is 32.2. The van der Waals surface area contributed by atoms with Gasteiger partial charge in [0.1, 0.15) is 0 Å². The van der Waals surface area contributed by atoms with E-state index in [4.69, 9.17) is 4.74 Å². The first-order valence-corrected chi connectivity index (χ1v) is 7.04. The molecular formula is C13H20N2OS. The van der Waals surface area contributed by atoms with E-state index < -0.39 is 0 Å². The van der Waals surface area contributed by atoms with Gasteiger partial charge in [-0.3, -0.25) is 0 Å². The van der Waals surface area contributed by atoms with Crippen LogP contribution < -0.4 is 10.1 Å². The van der Waals surface area contributed by atoms with Crippen molar-refractivity contribution in [2.75, 3.05) is 30.0 Å². The third kappa shape index (κ3) is 5.63.